The molecule has 1 atom stereocenters. The van der Waals surface area contributed by atoms with Gasteiger partial charge < -0.3 is 24.6 Å². The summed E-state index contributed by atoms with van der Waals surface area (Å²) in [6.45, 7) is 4.63. The van der Waals surface area contributed by atoms with Gasteiger partial charge in [-0.2, -0.15) is 0 Å². The molecule has 1 spiro atoms. The van der Waals surface area contributed by atoms with E-state index >= 15 is 0 Å². The number of likely N-dealkylation sites (tertiary alicyclic amines) is 2. The molecule has 30 heavy (non-hydrogen) atoms. The van der Waals surface area contributed by atoms with E-state index in [0.717, 1.165) is 38.8 Å². The maximum atomic E-state index is 14.1. The van der Waals surface area contributed by atoms with Gasteiger partial charge in [-0.05, 0) is 49.3 Å². The van der Waals surface area contributed by atoms with Crippen molar-refractivity contribution >= 4 is 11.9 Å². The second-order valence-corrected chi connectivity index (χ2v) is 8.59. The van der Waals surface area contributed by atoms with Gasteiger partial charge in [-0.25, -0.2) is 9.18 Å². The van der Waals surface area contributed by atoms with Gasteiger partial charge in [0.05, 0.1) is 7.11 Å². The van der Waals surface area contributed by atoms with Gasteiger partial charge in [0.1, 0.15) is 0 Å². The highest BCUT2D eigenvalue weighted by Crippen LogP contribution is 2.44. The van der Waals surface area contributed by atoms with Crippen LogP contribution in [0.25, 0.3) is 0 Å². The fourth-order valence-corrected chi connectivity index (χ4v) is 5.04. The number of nitrogens with one attached hydrogen (secondary N) is 1. The zero-order valence-electron chi connectivity index (χ0n) is 17.5. The van der Waals surface area contributed by atoms with Crippen LogP contribution in [0, 0.1) is 17.2 Å². The molecular weight excluding hydrogens is 389 g/mol. The number of hydrogen-bond donors (Lipinski definition) is 1. The van der Waals surface area contributed by atoms with Gasteiger partial charge in [0.2, 0.25) is 0 Å². The fourth-order valence-electron chi connectivity index (χ4n) is 5.04. The van der Waals surface area contributed by atoms with Gasteiger partial charge in [-0.15, -0.1) is 0 Å². The molecule has 1 N–H and O–H groups in total. The molecule has 0 bridgehead atoms. The van der Waals surface area contributed by atoms with Crippen molar-refractivity contribution in [2.24, 2.45) is 11.3 Å². The first-order chi connectivity index (χ1) is 14.5. The molecule has 0 saturated carbocycles. The summed E-state index contributed by atoms with van der Waals surface area (Å²) in [6.07, 6.45) is 3.83. The molecule has 1 unspecified atom stereocenters. The van der Waals surface area contributed by atoms with Gasteiger partial charge in [0.25, 0.3) is 5.91 Å². The van der Waals surface area contributed by atoms with E-state index in [4.69, 9.17) is 9.47 Å². The number of hydrogen-bond acceptors (Lipinski definition) is 4. The average Bonchev–Trinajstić information content (AvgIpc) is 3.41. The Hall–Kier alpha value is -2.35. The van der Waals surface area contributed by atoms with Crippen molar-refractivity contribution in [3.63, 3.8) is 0 Å². The van der Waals surface area contributed by atoms with Crippen molar-refractivity contribution in [1.29, 1.82) is 0 Å². The molecule has 3 fully saturated rings. The number of rotatable bonds is 4. The normalized spacial score (nSPS) is 23.1. The van der Waals surface area contributed by atoms with E-state index in [9.17, 15) is 14.0 Å². The standard InChI is InChI=1S/C22H30FN3O4/c1-29-19-5-4-16(12-18(19)23)20(27)26-14-17(22(15-26)6-10-30-11-7-22)13-24-21(28)25-8-2-3-9-25/h4-5,12,17H,2-3,6-11,13-15H2,1H3,(H,24,28). The van der Waals surface area contributed by atoms with E-state index in [2.05, 4.69) is 5.32 Å². The van der Waals surface area contributed by atoms with Gasteiger partial charge in [-0.3, -0.25) is 4.79 Å². The Morgan fingerprint density at radius 2 is 1.97 bits per heavy atom. The topological polar surface area (TPSA) is 71.1 Å². The van der Waals surface area contributed by atoms with Crippen LogP contribution in [0.3, 0.4) is 0 Å². The summed E-state index contributed by atoms with van der Waals surface area (Å²) in [6, 6.07) is 4.30. The third-order valence-electron chi connectivity index (χ3n) is 6.88. The van der Waals surface area contributed by atoms with Gasteiger partial charge >= 0.3 is 6.03 Å². The molecule has 0 aliphatic carbocycles. The lowest BCUT2D eigenvalue weighted by Crippen LogP contribution is -2.45. The molecular formula is C22H30FN3O4. The minimum atomic E-state index is -0.544. The molecule has 3 aliphatic heterocycles. The number of methoxy groups -OCH3 is 1. The first-order valence-electron chi connectivity index (χ1n) is 10.8. The predicted molar refractivity (Wildman–Crippen MR) is 109 cm³/mol. The largest absolute Gasteiger partial charge is 0.494 e. The van der Waals surface area contributed by atoms with Crippen LogP contribution in [0.15, 0.2) is 18.2 Å². The molecule has 0 radical (unpaired) electrons. The molecule has 3 saturated heterocycles. The molecule has 164 valence electrons. The van der Waals surface area contributed by atoms with E-state index in [0.29, 0.717) is 38.4 Å². The fraction of sp³-hybridized carbons (Fsp3) is 0.636. The second-order valence-electron chi connectivity index (χ2n) is 8.59. The van der Waals surface area contributed by atoms with Crippen LogP contribution in [-0.4, -0.2) is 74.8 Å². The number of amides is 3. The zero-order chi connectivity index (χ0) is 21.1. The van der Waals surface area contributed by atoms with E-state index in [1.807, 2.05) is 4.90 Å². The van der Waals surface area contributed by atoms with Crippen LogP contribution in [0.5, 0.6) is 5.75 Å². The summed E-state index contributed by atoms with van der Waals surface area (Å²) in [7, 11) is 1.40. The maximum Gasteiger partial charge on any atom is 0.317 e. The molecule has 0 aromatic heterocycles. The Balaban J connectivity index is 1.46. The third kappa shape index (κ3) is 4.10. The smallest absolute Gasteiger partial charge is 0.317 e. The molecule has 1 aromatic carbocycles. The minimum Gasteiger partial charge on any atom is -0.494 e. The SMILES string of the molecule is COc1ccc(C(=O)N2CC(CNC(=O)N3CCCC3)C3(CCOCC3)C2)cc1F. The van der Waals surface area contributed by atoms with Crippen LogP contribution in [0.2, 0.25) is 0 Å². The second kappa shape index (κ2) is 8.79. The summed E-state index contributed by atoms with van der Waals surface area (Å²) in [5.74, 6) is -0.454. The first kappa shape index (κ1) is 20.9. The maximum absolute atomic E-state index is 14.1. The molecule has 4 rings (SSSR count). The van der Waals surface area contributed by atoms with Gasteiger partial charge in [0, 0.05) is 57.4 Å². The van der Waals surface area contributed by atoms with Crippen molar-refractivity contribution in [3.05, 3.63) is 29.6 Å². The van der Waals surface area contributed by atoms with E-state index in [-0.39, 0.29) is 29.0 Å². The number of halogens is 1. The lowest BCUT2D eigenvalue weighted by Gasteiger charge is -2.38. The third-order valence-corrected chi connectivity index (χ3v) is 6.88. The molecule has 3 heterocycles. The molecule has 3 aliphatic rings. The average molecular weight is 419 g/mol. The number of carbonyl (C=O) groups excluding carboxylic acids is 2. The number of urea groups is 1. The zero-order valence-corrected chi connectivity index (χ0v) is 17.5. The summed E-state index contributed by atoms with van der Waals surface area (Å²) in [5, 5.41) is 3.09. The van der Waals surface area contributed by atoms with Crippen LogP contribution >= 0.6 is 0 Å². The van der Waals surface area contributed by atoms with Crippen molar-refractivity contribution in [3.8, 4) is 5.75 Å². The van der Waals surface area contributed by atoms with E-state index in [1.54, 1.807) is 11.0 Å². The highest BCUT2D eigenvalue weighted by molar-refractivity contribution is 5.94. The van der Waals surface area contributed by atoms with E-state index < -0.39 is 5.82 Å². The summed E-state index contributed by atoms with van der Waals surface area (Å²) >= 11 is 0. The lowest BCUT2D eigenvalue weighted by molar-refractivity contribution is 0.000276. The Morgan fingerprint density at radius 1 is 1.23 bits per heavy atom. The van der Waals surface area contributed by atoms with Crippen LogP contribution in [0.1, 0.15) is 36.0 Å². The molecule has 3 amide bonds. The van der Waals surface area contributed by atoms with Crippen LogP contribution in [-0.2, 0) is 4.74 Å². The van der Waals surface area contributed by atoms with Crippen molar-refractivity contribution in [1.82, 2.24) is 15.1 Å². The Bertz CT molecular complexity index is 791. The number of nitrogens with zero attached hydrogens (tertiary/aromatic N) is 2. The van der Waals surface area contributed by atoms with Gasteiger partial charge in [0.15, 0.2) is 11.6 Å². The number of carbonyl (C=O) groups is 2. The number of ether oxygens (including phenoxy) is 2. The highest BCUT2D eigenvalue weighted by atomic mass is 19.1. The van der Waals surface area contributed by atoms with E-state index in [1.165, 1.54) is 19.2 Å². The molecule has 7 nitrogen and oxygen atoms in total. The first-order valence-corrected chi connectivity index (χ1v) is 10.8. The Morgan fingerprint density at radius 3 is 2.63 bits per heavy atom. The van der Waals surface area contributed by atoms with Gasteiger partial charge in [-0.1, -0.05) is 0 Å². The quantitative estimate of drug-likeness (QED) is 0.814. The van der Waals surface area contributed by atoms with Crippen molar-refractivity contribution < 1.29 is 23.5 Å². The monoisotopic (exact) mass is 419 g/mol. The Labute approximate surface area is 176 Å². The molecule has 8 heteroatoms. The summed E-state index contributed by atoms with van der Waals surface area (Å²) in [5.41, 5.74) is 0.245. The van der Waals surface area contributed by atoms with Crippen molar-refractivity contribution in [2.45, 2.75) is 25.7 Å². The summed E-state index contributed by atoms with van der Waals surface area (Å²) in [4.78, 5) is 29.2. The Kier molecular flexibility index (Phi) is 6.13. The molecule has 1 aromatic rings. The van der Waals surface area contributed by atoms with Crippen molar-refractivity contribution in [2.75, 3.05) is 53.0 Å². The number of benzene rings is 1. The van der Waals surface area contributed by atoms with Crippen LogP contribution in [0.4, 0.5) is 9.18 Å². The lowest BCUT2D eigenvalue weighted by atomic mass is 9.72. The highest BCUT2D eigenvalue weighted by Gasteiger charge is 2.48. The predicted octanol–water partition coefficient (Wildman–Crippen LogP) is 2.51. The van der Waals surface area contributed by atoms with Crippen LogP contribution < -0.4 is 10.1 Å². The minimum absolute atomic E-state index is 0.0169. The summed E-state index contributed by atoms with van der Waals surface area (Å²) < 4.78 is 24.6.